The molecule has 1 saturated heterocycles. The molecule has 0 atom stereocenters. The maximum Gasteiger partial charge on any atom is 0.321 e. The van der Waals surface area contributed by atoms with E-state index in [1.54, 1.807) is 17.0 Å². The SMILES string of the molecule is CCCCCCCCNC(=O)N(CCN1CCN(C(=O)Nc2ccccc2Br)CC1)Cc1ccc(F)cc1. The minimum Gasteiger partial charge on any atom is -0.338 e. The third-order valence-electron chi connectivity index (χ3n) is 6.84. The maximum atomic E-state index is 13.4. The van der Waals surface area contributed by atoms with E-state index >= 15 is 0 Å². The summed E-state index contributed by atoms with van der Waals surface area (Å²) in [6.07, 6.45) is 7.04. The first-order chi connectivity index (χ1) is 18.5. The molecule has 0 radical (unpaired) electrons. The van der Waals surface area contributed by atoms with E-state index < -0.39 is 0 Å². The van der Waals surface area contributed by atoms with Crippen LogP contribution >= 0.6 is 15.9 Å². The molecule has 1 aliphatic rings. The van der Waals surface area contributed by atoms with Gasteiger partial charge in [0.25, 0.3) is 0 Å². The zero-order valence-electron chi connectivity index (χ0n) is 22.4. The first kappa shape index (κ1) is 29.9. The monoisotopic (exact) mass is 589 g/mol. The van der Waals surface area contributed by atoms with Crippen molar-refractivity contribution in [1.82, 2.24) is 20.0 Å². The number of hydrogen-bond acceptors (Lipinski definition) is 3. The maximum absolute atomic E-state index is 13.4. The molecule has 0 aromatic heterocycles. The number of anilines is 1. The van der Waals surface area contributed by atoms with Crippen molar-refractivity contribution in [3.05, 3.63) is 64.4 Å². The largest absolute Gasteiger partial charge is 0.338 e. The molecule has 0 unspecified atom stereocenters. The molecule has 208 valence electrons. The average Bonchev–Trinajstić information content (AvgIpc) is 2.93. The van der Waals surface area contributed by atoms with Gasteiger partial charge < -0.3 is 20.4 Å². The lowest BCUT2D eigenvalue weighted by Gasteiger charge is -2.36. The number of carbonyl (C=O) groups excluding carboxylic acids is 2. The molecule has 1 fully saturated rings. The highest BCUT2D eigenvalue weighted by Gasteiger charge is 2.23. The van der Waals surface area contributed by atoms with Gasteiger partial charge in [0.15, 0.2) is 0 Å². The van der Waals surface area contributed by atoms with E-state index in [9.17, 15) is 14.0 Å². The van der Waals surface area contributed by atoms with Crippen LogP contribution in [0.5, 0.6) is 0 Å². The Labute approximate surface area is 234 Å². The fourth-order valence-corrected chi connectivity index (χ4v) is 4.85. The molecule has 1 aliphatic heterocycles. The van der Waals surface area contributed by atoms with Crippen LogP contribution in [0.2, 0.25) is 0 Å². The lowest BCUT2D eigenvalue weighted by atomic mass is 10.1. The van der Waals surface area contributed by atoms with E-state index in [1.165, 1.54) is 37.8 Å². The minimum atomic E-state index is -0.283. The van der Waals surface area contributed by atoms with E-state index in [2.05, 4.69) is 38.4 Å². The third-order valence-corrected chi connectivity index (χ3v) is 7.53. The second-order valence-electron chi connectivity index (χ2n) is 9.79. The van der Waals surface area contributed by atoms with E-state index in [1.807, 2.05) is 29.2 Å². The number of urea groups is 2. The number of hydrogen-bond donors (Lipinski definition) is 2. The molecule has 2 aromatic rings. The van der Waals surface area contributed by atoms with E-state index in [0.29, 0.717) is 39.3 Å². The Morgan fingerprint density at radius 1 is 0.947 bits per heavy atom. The van der Waals surface area contributed by atoms with Gasteiger partial charge in [-0.1, -0.05) is 63.3 Å². The van der Waals surface area contributed by atoms with Crippen molar-refractivity contribution in [2.45, 2.75) is 52.0 Å². The summed E-state index contributed by atoms with van der Waals surface area (Å²) in [6.45, 7) is 7.30. The number of nitrogens with zero attached hydrogens (tertiary/aromatic N) is 3. The molecule has 9 heteroatoms. The van der Waals surface area contributed by atoms with Crippen LogP contribution in [0.3, 0.4) is 0 Å². The molecule has 1 heterocycles. The summed E-state index contributed by atoms with van der Waals surface area (Å²) in [7, 11) is 0. The van der Waals surface area contributed by atoms with Crippen molar-refractivity contribution < 1.29 is 14.0 Å². The summed E-state index contributed by atoms with van der Waals surface area (Å²) in [4.78, 5) is 31.6. The van der Waals surface area contributed by atoms with Gasteiger partial charge in [-0.3, -0.25) is 4.90 Å². The van der Waals surface area contributed by atoms with Gasteiger partial charge in [-0.05, 0) is 52.2 Å². The summed E-state index contributed by atoms with van der Waals surface area (Å²) in [5.74, 6) is -0.283. The van der Waals surface area contributed by atoms with Crippen LogP contribution in [-0.2, 0) is 6.54 Å². The van der Waals surface area contributed by atoms with Crippen molar-refractivity contribution in [1.29, 1.82) is 0 Å². The van der Waals surface area contributed by atoms with Crippen molar-refractivity contribution in [2.24, 2.45) is 0 Å². The Balaban J connectivity index is 1.46. The number of nitrogens with one attached hydrogen (secondary N) is 2. The molecule has 0 spiro atoms. The Hall–Kier alpha value is -2.65. The number of rotatable bonds is 13. The van der Waals surface area contributed by atoms with Gasteiger partial charge in [-0.15, -0.1) is 0 Å². The van der Waals surface area contributed by atoms with Gasteiger partial charge in [0.2, 0.25) is 0 Å². The van der Waals surface area contributed by atoms with Crippen molar-refractivity contribution in [3.63, 3.8) is 0 Å². The molecule has 2 aromatic carbocycles. The third kappa shape index (κ3) is 10.3. The van der Waals surface area contributed by atoms with Crippen LogP contribution in [0.25, 0.3) is 0 Å². The molecule has 38 heavy (non-hydrogen) atoms. The highest BCUT2D eigenvalue weighted by atomic mass is 79.9. The van der Waals surface area contributed by atoms with Gasteiger partial charge in [0.1, 0.15) is 5.82 Å². The van der Waals surface area contributed by atoms with Crippen LogP contribution in [0.15, 0.2) is 53.0 Å². The minimum absolute atomic E-state index is 0.0886. The normalized spacial score (nSPS) is 13.8. The van der Waals surface area contributed by atoms with Gasteiger partial charge in [0.05, 0.1) is 5.69 Å². The van der Waals surface area contributed by atoms with Crippen LogP contribution < -0.4 is 10.6 Å². The molecule has 0 bridgehead atoms. The summed E-state index contributed by atoms with van der Waals surface area (Å²) in [5, 5.41) is 6.04. The number of carbonyl (C=O) groups is 2. The number of para-hydroxylation sites is 1. The second-order valence-corrected chi connectivity index (χ2v) is 10.6. The Morgan fingerprint density at radius 3 is 2.34 bits per heavy atom. The summed E-state index contributed by atoms with van der Waals surface area (Å²) in [5.41, 5.74) is 1.65. The second kappa shape index (κ2) is 16.3. The first-order valence-electron chi connectivity index (χ1n) is 13.8. The topological polar surface area (TPSA) is 67.9 Å². The molecule has 4 amide bonds. The lowest BCUT2D eigenvalue weighted by molar-refractivity contribution is 0.134. The van der Waals surface area contributed by atoms with Crippen LogP contribution in [0, 0.1) is 5.82 Å². The number of piperazine rings is 1. The zero-order valence-corrected chi connectivity index (χ0v) is 24.0. The predicted molar refractivity (Wildman–Crippen MR) is 155 cm³/mol. The van der Waals surface area contributed by atoms with Crippen LogP contribution in [0.4, 0.5) is 19.7 Å². The number of unbranched alkanes of at least 4 members (excludes halogenated alkanes) is 5. The number of benzene rings is 2. The number of amides is 4. The van der Waals surface area contributed by atoms with Crippen LogP contribution in [-0.4, -0.2) is 72.6 Å². The highest BCUT2D eigenvalue weighted by Crippen LogP contribution is 2.21. The predicted octanol–water partition coefficient (Wildman–Crippen LogP) is 6.31. The molecular formula is C29H41BrFN5O2. The van der Waals surface area contributed by atoms with Crippen molar-refractivity contribution in [2.75, 3.05) is 51.1 Å². The Morgan fingerprint density at radius 2 is 1.63 bits per heavy atom. The molecule has 0 saturated carbocycles. The summed E-state index contributed by atoms with van der Waals surface area (Å²) in [6, 6.07) is 13.7. The van der Waals surface area contributed by atoms with Gasteiger partial charge in [-0.2, -0.15) is 0 Å². The standard InChI is InChI=1S/C29H41BrFN5O2/c1-2-3-4-5-6-9-16-32-28(37)36(23-24-12-14-25(31)15-13-24)22-19-34-17-20-35(21-18-34)29(38)33-27-11-8-7-10-26(27)30/h7-8,10-15H,2-6,9,16-23H2,1H3,(H,32,37)(H,33,38). The highest BCUT2D eigenvalue weighted by molar-refractivity contribution is 9.10. The zero-order chi connectivity index (χ0) is 27.2. The van der Waals surface area contributed by atoms with Gasteiger partial charge in [-0.25, -0.2) is 14.0 Å². The fourth-order valence-electron chi connectivity index (χ4n) is 4.47. The molecule has 2 N–H and O–H groups in total. The Kier molecular flexibility index (Phi) is 12.9. The van der Waals surface area contributed by atoms with Crippen LogP contribution in [0.1, 0.15) is 51.0 Å². The number of halogens is 2. The Bertz CT molecular complexity index is 999. The van der Waals surface area contributed by atoms with Crippen molar-refractivity contribution in [3.8, 4) is 0 Å². The fraction of sp³-hybridized carbons (Fsp3) is 0.517. The van der Waals surface area contributed by atoms with E-state index in [4.69, 9.17) is 0 Å². The van der Waals surface area contributed by atoms with Gasteiger partial charge >= 0.3 is 12.1 Å². The molecule has 7 nitrogen and oxygen atoms in total. The summed E-state index contributed by atoms with van der Waals surface area (Å²) < 4.78 is 14.2. The quantitative estimate of drug-likeness (QED) is 0.269. The van der Waals surface area contributed by atoms with E-state index in [-0.39, 0.29) is 17.9 Å². The van der Waals surface area contributed by atoms with Gasteiger partial charge in [0, 0.05) is 56.8 Å². The smallest absolute Gasteiger partial charge is 0.321 e. The first-order valence-corrected chi connectivity index (χ1v) is 14.6. The van der Waals surface area contributed by atoms with E-state index in [0.717, 1.165) is 41.7 Å². The molecular weight excluding hydrogens is 549 g/mol. The lowest BCUT2D eigenvalue weighted by Crippen LogP contribution is -2.52. The molecule has 0 aliphatic carbocycles. The molecule has 3 rings (SSSR count). The van der Waals surface area contributed by atoms with Crippen molar-refractivity contribution >= 4 is 33.7 Å². The average molecular weight is 591 g/mol. The summed E-state index contributed by atoms with van der Waals surface area (Å²) >= 11 is 3.47.